The van der Waals surface area contributed by atoms with Crippen LogP contribution in [-0.2, 0) is 38.0 Å². The van der Waals surface area contributed by atoms with Crippen molar-refractivity contribution in [2.24, 2.45) is 11.8 Å². The summed E-state index contributed by atoms with van der Waals surface area (Å²) in [6.45, 7) is 32.3. The molecule has 0 bridgehead atoms. The third-order valence-corrected chi connectivity index (χ3v) is 21.2. The van der Waals surface area contributed by atoms with E-state index in [1.54, 1.807) is 4.68 Å². The van der Waals surface area contributed by atoms with Crippen LogP contribution in [0.4, 0.5) is 0 Å². The number of aromatic nitrogens is 2. The molecule has 260 valence electrons. The molecule has 0 aliphatic heterocycles. The number of fused-ring (bicyclic) bond motifs is 1. The highest BCUT2D eigenvalue weighted by Gasteiger charge is 2.39. The van der Waals surface area contributed by atoms with E-state index in [2.05, 4.69) is 92.5 Å². The summed E-state index contributed by atoms with van der Waals surface area (Å²) in [5.41, 5.74) is 2.10. The van der Waals surface area contributed by atoms with Gasteiger partial charge in [0, 0.05) is 52.0 Å². The van der Waals surface area contributed by atoms with Crippen LogP contribution in [0.25, 0.3) is 0 Å². The number of carbonyl (C=O) groups excluding carboxylic acids is 1. The van der Waals surface area contributed by atoms with Crippen LogP contribution in [-0.4, -0.2) is 71.2 Å². The largest absolute Gasteiger partial charge is 0.476 e. The molecule has 0 radical (unpaired) electrons. The molecule has 45 heavy (non-hydrogen) atoms. The van der Waals surface area contributed by atoms with Crippen molar-refractivity contribution in [2.75, 3.05) is 19.8 Å². The first kappa shape index (κ1) is 40.1. The SMILES string of the molecule is CC(C)(C)[Si](C)(C)OCC1CCC(=O)CC1.CC(C)(C)[Si](C)(C)OCC1CCc2c(C(=O)O)nn(COCC[Si](C)(C)C)c2C1. The summed E-state index contributed by atoms with van der Waals surface area (Å²) in [6.07, 6.45) is 6.11. The summed E-state index contributed by atoms with van der Waals surface area (Å²) in [6, 6.07) is 1.09. The Morgan fingerprint density at radius 3 is 1.80 bits per heavy atom. The molecule has 2 aliphatic carbocycles. The van der Waals surface area contributed by atoms with Gasteiger partial charge in [0.25, 0.3) is 0 Å². The van der Waals surface area contributed by atoms with Gasteiger partial charge in [-0.15, -0.1) is 0 Å². The molecule has 0 amide bonds. The van der Waals surface area contributed by atoms with Crippen LogP contribution in [0.3, 0.4) is 0 Å². The molecule has 1 unspecified atom stereocenters. The summed E-state index contributed by atoms with van der Waals surface area (Å²) in [4.78, 5) is 22.8. The number of carboxylic acids is 1. The molecular formula is C34H66N2O6Si3. The second-order valence-corrected chi connectivity index (χ2v) is 32.9. The minimum Gasteiger partial charge on any atom is -0.476 e. The zero-order chi connectivity index (χ0) is 34.4. The Hall–Kier alpha value is -1.12. The molecule has 1 N–H and O–H groups in total. The molecule has 11 heteroatoms. The lowest BCUT2D eigenvalue weighted by atomic mass is 9.87. The van der Waals surface area contributed by atoms with Crippen molar-refractivity contribution in [1.82, 2.24) is 9.78 Å². The van der Waals surface area contributed by atoms with E-state index in [1.807, 2.05) is 0 Å². The van der Waals surface area contributed by atoms with E-state index in [0.29, 0.717) is 31.0 Å². The summed E-state index contributed by atoms with van der Waals surface area (Å²) in [5.74, 6) is 0.504. The highest BCUT2D eigenvalue weighted by Crippen LogP contribution is 2.39. The zero-order valence-electron chi connectivity index (χ0n) is 31.0. The maximum absolute atomic E-state index is 11.7. The van der Waals surface area contributed by atoms with E-state index >= 15 is 0 Å². The van der Waals surface area contributed by atoms with Gasteiger partial charge in [-0.05, 0) is 86.2 Å². The number of hydrogen-bond acceptors (Lipinski definition) is 6. The monoisotopic (exact) mass is 682 g/mol. The standard InChI is InChI=1S/C21H40N2O4Si2.C13H26O2Si/c1-21(2,3)29(7,8)27-14-16-9-10-17-18(13-16)23(22-19(17)20(24)25)15-26-11-12-28(4,5)6;1-13(2,3)16(4,5)15-10-11-6-8-12(14)9-7-11/h16H,9-15H2,1-8H3,(H,24,25);11H,6-10H2,1-5H3. The Kier molecular flexibility index (Phi) is 14.1. The van der Waals surface area contributed by atoms with Crippen molar-refractivity contribution >= 4 is 36.5 Å². The molecular weight excluding hydrogens is 617 g/mol. The first-order valence-corrected chi connectivity index (χ1v) is 26.6. The Labute approximate surface area is 277 Å². The molecule has 1 atom stereocenters. The molecule has 1 saturated carbocycles. The highest BCUT2D eigenvalue weighted by molar-refractivity contribution is 6.76. The topological polar surface area (TPSA) is 99.9 Å². The molecule has 0 saturated heterocycles. The fourth-order valence-electron chi connectivity index (χ4n) is 4.95. The van der Waals surface area contributed by atoms with Crippen molar-refractivity contribution in [2.45, 2.75) is 155 Å². The van der Waals surface area contributed by atoms with E-state index in [4.69, 9.17) is 13.6 Å². The second-order valence-electron chi connectivity index (χ2n) is 17.7. The van der Waals surface area contributed by atoms with Gasteiger partial charge in [0.15, 0.2) is 22.3 Å². The van der Waals surface area contributed by atoms with E-state index < -0.39 is 30.7 Å². The van der Waals surface area contributed by atoms with Crippen LogP contribution in [0.5, 0.6) is 0 Å². The Bertz CT molecular complexity index is 1120. The number of ether oxygens (including phenoxy) is 1. The van der Waals surface area contributed by atoms with Crippen LogP contribution < -0.4 is 0 Å². The summed E-state index contributed by atoms with van der Waals surface area (Å²) < 4.78 is 20.3. The van der Waals surface area contributed by atoms with Crippen molar-refractivity contribution in [3.63, 3.8) is 0 Å². The molecule has 8 nitrogen and oxygen atoms in total. The van der Waals surface area contributed by atoms with Gasteiger partial charge in [0.05, 0.1) is 0 Å². The van der Waals surface area contributed by atoms with Crippen molar-refractivity contribution in [3.8, 4) is 0 Å². The minimum absolute atomic E-state index is 0.190. The van der Waals surface area contributed by atoms with E-state index in [-0.39, 0.29) is 15.8 Å². The number of nitrogens with zero attached hydrogens (tertiary/aromatic N) is 2. The fourth-order valence-corrected chi connectivity index (χ4v) is 7.88. The number of hydrogen-bond donors (Lipinski definition) is 1. The lowest BCUT2D eigenvalue weighted by Gasteiger charge is -2.37. The first-order chi connectivity index (χ1) is 20.4. The number of Topliss-reactive ketones (excluding diaryl/α,β-unsaturated/α-hetero) is 1. The maximum atomic E-state index is 11.7. The van der Waals surface area contributed by atoms with Gasteiger partial charge in [0.2, 0.25) is 0 Å². The Morgan fingerprint density at radius 2 is 1.33 bits per heavy atom. The predicted molar refractivity (Wildman–Crippen MR) is 192 cm³/mol. The highest BCUT2D eigenvalue weighted by atomic mass is 28.4. The van der Waals surface area contributed by atoms with Crippen LogP contribution in [0.1, 0.15) is 95.4 Å². The van der Waals surface area contributed by atoms with Crippen LogP contribution in [0.2, 0.25) is 61.9 Å². The summed E-state index contributed by atoms with van der Waals surface area (Å²) >= 11 is 0. The smallest absolute Gasteiger partial charge is 0.356 e. The normalized spacial score (nSPS) is 18.8. The Morgan fingerprint density at radius 1 is 0.844 bits per heavy atom. The molecule has 1 aromatic rings. The van der Waals surface area contributed by atoms with Crippen molar-refractivity contribution < 1.29 is 28.3 Å². The van der Waals surface area contributed by atoms with Gasteiger partial charge >= 0.3 is 5.97 Å². The number of rotatable bonds is 12. The van der Waals surface area contributed by atoms with Crippen LogP contribution >= 0.6 is 0 Å². The summed E-state index contributed by atoms with van der Waals surface area (Å²) in [7, 11) is -4.53. The maximum Gasteiger partial charge on any atom is 0.356 e. The van der Waals surface area contributed by atoms with E-state index in [0.717, 1.165) is 75.5 Å². The molecule has 1 fully saturated rings. The molecule has 0 spiro atoms. The number of carboxylic acid groups (broad SMARTS) is 1. The number of ketones is 1. The number of aromatic carboxylic acids is 1. The van der Waals surface area contributed by atoms with Gasteiger partial charge in [-0.2, -0.15) is 5.10 Å². The lowest BCUT2D eigenvalue weighted by Crippen LogP contribution is -2.42. The third kappa shape index (κ3) is 12.4. The van der Waals surface area contributed by atoms with E-state index in [9.17, 15) is 14.7 Å². The Balaban J connectivity index is 0.000000372. The van der Waals surface area contributed by atoms with Gasteiger partial charge in [0.1, 0.15) is 12.5 Å². The fraction of sp³-hybridized carbons (Fsp3) is 0.853. The molecule has 0 aromatic carbocycles. The number of carbonyl (C=O) groups is 2. The van der Waals surface area contributed by atoms with E-state index in [1.165, 1.54) is 0 Å². The quantitative estimate of drug-likeness (QED) is 0.174. The van der Waals surface area contributed by atoms with Crippen molar-refractivity contribution in [3.05, 3.63) is 17.0 Å². The molecule has 3 rings (SSSR count). The summed E-state index contributed by atoms with van der Waals surface area (Å²) in [5, 5.41) is 14.4. The average molecular weight is 683 g/mol. The van der Waals surface area contributed by atoms with Gasteiger partial charge in [-0.25, -0.2) is 9.48 Å². The molecule has 1 heterocycles. The van der Waals surface area contributed by atoms with Gasteiger partial charge in [-0.3, -0.25) is 4.79 Å². The minimum atomic E-state index is -1.79. The van der Waals surface area contributed by atoms with Crippen LogP contribution in [0.15, 0.2) is 0 Å². The molecule has 1 aromatic heterocycles. The zero-order valence-corrected chi connectivity index (χ0v) is 34.0. The average Bonchev–Trinajstić information content (AvgIpc) is 3.26. The van der Waals surface area contributed by atoms with Gasteiger partial charge < -0.3 is 18.7 Å². The third-order valence-electron chi connectivity index (χ3n) is 10.5. The predicted octanol–water partition coefficient (Wildman–Crippen LogP) is 8.79. The molecule has 2 aliphatic rings. The first-order valence-electron chi connectivity index (χ1n) is 17.1. The second kappa shape index (κ2) is 15.9. The lowest BCUT2D eigenvalue weighted by molar-refractivity contribution is -0.121. The van der Waals surface area contributed by atoms with Crippen LogP contribution in [0, 0.1) is 11.8 Å². The van der Waals surface area contributed by atoms with Gasteiger partial charge in [-0.1, -0.05) is 61.2 Å². The van der Waals surface area contributed by atoms with Crippen molar-refractivity contribution in [1.29, 1.82) is 0 Å².